The maximum atomic E-state index is 13.1. The number of ketones is 1. The lowest BCUT2D eigenvalue weighted by Gasteiger charge is -2.33. The molecule has 3 aromatic carbocycles. The molecule has 6 nitrogen and oxygen atoms in total. The van der Waals surface area contributed by atoms with Crippen molar-refractivity contribution >= 4 is 28.7 Å². The molecule has 1 aliphatic heterocycles. The van der Waals surface area contributed by atoms with Crippen LogP contribution < -0.4 is 14.4 Å². The van der Waals surface area contributed by atoms with E-state index in [1.54, 1.807) is 49.6 Å². The standard InChI is InChI=1S/C27H22N2O4S/c1-17-27(31)29(15-24(30)20-9-6-10-21(13-20)32-2)23-14-19(11-12-25(23)33-17)22-16-34-26(28-22)18-7-4-3-5-8-18/h3-14,16-17H,15H2,1-2H3. The van der Waals surface area contributed by atoms with Crippen molar-refractivity contribution in [2.75, 3.05) is 18.6 Å². The van der Waals surface area contributed by atoms with Gasteiger partial charge in [-0.3, -0.25) is 14.5 Å². The number of hydrogen-bond donors (Lipinski definition) is 0. The summed E-state index contributed by atoms with van der Waals surface area (Å²) in [6.07, 6.45) is -0.680. The predicted octanol–water partition coefficient (Wildman–Crippen LogP) is 5.48. The SMILES string of the molecule is COc1cccc(C(=O)CN2C(=O)C(C)Oc3ccc(-c4csc(-c5ccccc5)n4)cc32)c1. The molecule has 1 unspecified atom stereocenters. The van der Waals surface area contributed by atoms with Crippen molar-refractivity contribution in [2.45, 2.75) is 13.0 Å². The largest absolute Gasteiger partial charge is 0.497 e. The Kier molecular flexibility index (Phi) is 5.86. The maximum Gasteiger partial charge on any atom is 0.268 e. The van der Waals surface area contributed by atoms with E-state index in [9.17, 15) is 9.59 Å². The number of methoxy groups -OCH3 is 1. The Morgan fingerprint density at radius 1 is 1.06 bits per heavy atom. The van der Waals surface area contributed by atoms with Gasteiger partial charge in [-0.1, -0.05) is 42.5 Å². The molecule has 0 aliphatic carbocycles. The molecule has 7 heteroatoms. The van der Waals surface area contributed by atoms with Crippen LogP contribution in [0.1, 0.15) is 17.3 Å². The Labute approximate surface area is 201 Å². The average Bonchev–Trinajstić information content (AvgIpc) is 3.37. The predicted molar refractivity (Wildman–Crippen MR) is 133 cm³/mol. The van der Waals surface area contributed by atoms with Crippen molar-refractivity contribution in [3.8, 4) is 33.3 Å². The highest BCUT2D eigenvalue weighted by Crippen LogP contribution is 2.38. The Balaban J connectivity index is 1.47. The molecule has 1 atom stereocenters. The third-order valence-corrected chi connectivity index (χ3v) is 6.57. The zero-order valence-corrected chi connectivity index (χ0v) is 19.5. The highest BCUT2D eigenvalue weighted by molar-refractivity contribution is 7.13. The number of amides is 1. The van der Waals surface area contributed by atoms with E-state index in [0.717, 1.165) is 21.8 Å². The first kappa shape index (κ1) is 21.9. The fourth-order valence-electron chi connectivity index (χ4n) is 3.88. The zero-order chi connectivity index (χ0) is 23.7. The van der Waals surface area contributed by atoms with Crippen LogP contribution >= 0.6 is 11.3 Å². The first-order chi connectivity index (χ1) is 16.5. The molecule has 0 bridgehead atoms. The van der Waals surface area contributed by atoms with Gasteiger partial charge in [0.15, 0.2) is 11.9 Å². The number of Topliss-reactive ketones (excluding diaryl/α,β-unsaturated/α-hetero) is 1. The molecule has 1 aliphatic rings. The second-order valence-corrected chi connectivity index (χ2v) is 8.78. The van der Waals surface area contributed by atoms with Gasteiger partial charge in [0, 0.05) is 22.1 Å². The highest BCUT2D eigenvalue weighted by atomic mass is 32.1. The van der Waals surface area contributed by atoms with Crippen LogP contribution in [0.25, 0.3) is 21.8 Å². The Morgan fingerprint density at radius 2 is 1.88 bits per heavy atom. The van der Waals surface area contributed by atoms with Gasteiger partial charge in [0.05, 0.1) is 25.0 Å². The van der Waals surface area contributed by atoms with E-state index in [1.807, 2.05) is 53.9 Å². The van der Waals surface area contributed by atoms with E-state index in [0.29, 0.717) is 22.7 Å². The maximum absolute atomic E-state index is 13.1. The van der Waals surface area contributed by atoms with Crippen LogP contribution in [-0.4, -0.2) is 36.4 Å². The summed E-state index contributed by atoms with van der Waals surface area (Å²) in [5.74, 6) is 0.711. The quantitative estimate of drug-likeness (QED) is 0.349. The van der Waals surface area contributed by atoms with Crippen LogP contribution in [0.2, 0.25) is 0 Å². The smallest absolute Gasteiger partial charge is 0.268 e. The van der Waals surface area contributed by atoms with Gasteiger partial charge >= 0.3 is 0 Å². The number of fused-ring (bicyclic) bond motifs is 1. The summed E-state index contributed by atoms with van der Waals surface area (Å²) >= 11 is 1.56. The summed E-state index contributed by atoms with van der Waals surface area (Å²) in [6.45, 7) is 1.59. The van der Waals surface area contributed by atoms with Crippen LogP contribution in [0.4, 0.5) is 5.69 Å². The van der Waals surface area contributed by atoms with Crippen molar-refractivity contribution in [1.29, 1.82) is 0 Å². The number of ether oxygens (including phenoxy) is 2. The highest BCUT2D eigenvalue weighted by Gasteiger charge is 2.33. The second-order valence-electron chi connectivity index (χ2n) is 7.93. The molecule has 0 radical (unpaired) electrons. The van der Waals surface area contributed by atoms with E-state index in [4.69, 9.17) is 14.5 Å². The molecular formula is C27H22N2O4S. The third-order valence-electron chi connectivity index (χ3n) is 5.68. The van der Waals surface area contributed by atoms with E-state index >= 15 is 0 Å². The van der Waals surface area contributed by atoms with Gasteiger partial charge in [0.25, 0.3) is 5.91 Å². The lowest BCUT2D eigenvalue weighted by molar-refractivity contribution is -0.125. The lowest BCUT2D eigenvalue weighted by Crippen LogP contribution is -2.46. The molecule has 2 heterocycles. The van der Waals surface area contributed by atoms with E-state index in [2.05, 4.69) is 0 Å². The van der Waals surface area contributed by atoms with Crippen LogP contribution in [-0.2, 0) is 4.79 Å². The lowest BCUT2D eigenvalue weighted by atomic mass is 10.1. The second kappa shape index (κ2) is 9.11. The fourth-order valence-corrected chi connectivity index (χ4v) is 4.72. The van der Waals surface area contributed by atoms with Crippen LogP contribution in [0, 0.1) is 0 Å². The number of aromatic nitrogens is 1. The summed E-state index contributed by atoms with van der Waals surface area (Å²) in [5.41, 5.74) is 3.75. The van der Waals surface area contributed by atoms with Gasteiger partial charge in [-0.25, -0.2) is 4.98 Å². The summed E-state index contributed by atoms with van der Waals surface area (Å²) in [5, 5.41) is 2.91. The fraction of sp³-hybridized carbons (Fsp3) is 0.148. The van der Waals surface area contributed by atoms with E-state index in [1.165, 1.54) is 4.90 Å². The van der Waals surface area contributed by atoms with Gasteiger partial charge in [0.2, 0.25) is 0 Å². The van der Waals surface area contributed by atoms with Crippen LogP contribution in [0.5, 0.6) is 11.5 Å². The van der Waals surface area contributed by atoms with Crippen LogP contribution in [0.15, 0.2) is 78.2 Å². The van der Waals surface area contributed by atoms with Crippen LogP contribution in [0.3, 0.4) is 0 Å². The summed E-state index contributed by atoms with van der Waals surface area (Å²) < 4.78 is 11.1. The topological polar surface area (TPSA) is 68.7 Å². The summed E-state index contributed by atoms with van der Waals surface area (Å²) in [6, 6.07) is 22.5. The molecular weight excluding hydrogens is 448 g/mol. The molecule has 0 saturated heterocycles. The molecule has 1 aromatic heterocycles. The minimum Gasteiger partial charge on any atom is -0.497 e. The normalized spacial score (nSPS) is 14.9. The Morgan fingerprint density at radius 3 is 2.68 bits per heavy atom. The molecule has 34 heavy (non-hydrogen) atoms. The minimum absolute atomic E-state index is 0.0948. The number of carbonyl (C=O) groups is 2. The van der Waals surface area contributed by atoms with Crippen molar-refractivity contribution in [1.82, 2.24) is 4.98 Å². The van der Waals surface area contributed by atoms with E-state index < -0.39 is 6.10 Å². The molecule has 170 valence electrons. The molecule has 0 N–H and O–H groups in total. The molecule has 5 rings (SSSR count). The van der Waals surface area contributed by atoms with Gasteiger partial charge < -0.3 is 9.47 Å². The zero-order valence-electron chi connectivity index (χ0n) is 18.7. The van der Waals surface area contributed by atoms with Gasteiger partial charge in [-0.2, -0.15) is 0 Å². The summed E-state index contributed by atoms with van der Waals surface area (Å²) in [4.78, 5) is 32.4. The average molecular weight is 471 g/mol. The molecule has 0 fully saturated rings. The number of nitrogens with zero attached hydrogens (tertiary/aromatic N) is 2. The number of anilines is 1. The van der Waals surface area contributed by atoms with E-state index in [-0.39, 0.29) is 18.2 Å². The van der Waals surface area contributed by atoms with Crippen molar-refractivity contribution in [3.05, 3.63) is 83.7 Å². The minimum atomic E-state index is -0.680. The Hall–Kier alpha value is -3.97. The van der Waals surface area contributed by atoms with Gasteiger partial charge in [-0.05, 0) is 37.3 Å². The number of carbonyl (C=O) groups excluding carboxylic acids is 2. The van der Waals surface area contributed by atoms with Gasteiger partial charge in [-0.15, -0.1) is 11.3 Å². The van der Waals surface area contributed by atoms with Gasteiger partial charge in [0.1, 0.15) is 16.5 Å². The molecule has 0 saturated carbocycles. The first-order valence-corrected chi connectivity index (χ1v) is 11.7. The third kappa shape index (κ3) is 4.18. The molecule has 4 aromatic rings. The van der Waals surface area contributed by atoms with Crippen molar-refractivity contribution in [2.24, 2.45) is 0 Å². The number of hydrogen-bond acceptors (Lipinski definition) is 6. The Bertz CT molecular complexity index is 1370. The first-order valence-electron chi connectivity index (χ1n) is 10.8. The molecule has 0 spiro atoms. The molecule has 1 amide bonds. The monoisotopic (exact) mass is 470 g/mol. The number of rotatable bonds is 6. The summed E-state index contributed by atoms with van der Waals surface area (Å²) in [7, 11) is 1.55. The number of thiazole rings is 1. The number of benzene rings is 3. The van der Waals surface area contributed by atoms with Crippen molar-refractivity contribution in [3.63, 3.8) is 0 Å². The van der Waals surface area contributed by atoms with Crippen molar-refractivity contribution < 1.29 is 19.1 Å².